The van der Waals surface area contributed by atoms with Crippen molar-refractivity contribution in [2.24, 2.45) is 0 Å². The molecule has 0 amide bonds. The van der Waals surface area contributed by atoms with E-state index in [-0.39, 0.29) is 5.69 Å². The molecule has 16 heavy (non-hydrogen) atoms. The van der Waals surface area contributed by atoms with Gasteiger partial charge in [-0.1, -0.05) is 0 Å². The highest BCUT2D eigenvalue weighted by molar-refractivity contribution is 7.98. The third-order valence-electron chi connectivity index (χ3n) is 1.90. The van der Waals surface area contributed by atoms with Crippen molar-refractivity contribution in [2.45, 2.75) is 0 Å². The Balaban J connectivity index is 2.84. The van der Waals surface area contributed by atoms with Gasteiger partial charge in [-0.15, -0.1) is 0 Å². The van der Waals surface area contributed by atoms with Crippen molar-refractivity contribution in [2.75, 3.05) is 25.7 Å². The van der Waals surface area contributed by atoms with E-state index in [0.29, 0.717) is 18.1 Å². The molecular weight excluding hydrogens is 230 g/mol. The Kier molecular flexibility index (Phi) is 4.91. The largest absolute Gasteiger partial charge is 0.493 e. The number of nitro benzene ring substituents is 1. The Morgan fingerprint density at radius 2 is 2.19 bits per heavy atom. The van der Waals surface area contributed by atoms with E-state index in [4.69, 9.17) is 9.47 Å². The Hall–Kier alpha value is -1.43. The average Bonchev–Trinajstić information content (AvgIpc) is 2.29. The molecule has 0 saturated carbocycles. The van der Waals surface area contributed by atoms with Crippen molar-refractivity contribution < 1.29 is 14.4 Å². The maximum Gasteiger partial charge on any atom is 0.273 e. The summed E-state index contributed by atoms with van der Waals surface area (Å²) in [5, 5.41) is 10.6. The second-order valence-electron chi connectivity index (χ2n) is 2.93. The smallest absolute Gasteiger partial charge is 0.273 e. The van der Waals surface area contributed by atoms with Gasteiger partial charge in [0.1, 0.15) is 0 Å². The van der Waals surface area contributed by atoms with E-state index in [0.717, 1.165) is 5.75 Å². The van der Waals surface area contributed by atoms with Crippen LogP contribution in [0.1, 0.15) is 0 Å². The van der Waals surface area contributed by atoms with Crippen LogP contribution in [0.4, 0.5) is 5.69 Å². The predicted molar refractivity (Wildman–Crippen MR) is 63.5 cm³/mol. The molecular formula is C10H13NO4S. The summed E-state index contributed by atoms with van der Waals surface area (Å²) in [5.74, 6) is 1.74. The first-order valence-electron chi connectivity index (χ1n) is 4.63. The third kappa shape index (κ3) is 3.30. The number of rotatable bonds is 6. The van der Waals surface area contributed by atoms with E-state index in [1.54, 1.807) is 11.8 Å². The zero-order chi connectivity index (χ0) is 12.0. The second kappa shape index (κ2) is 6.22. The van der Waals surface area contributed by atoms with Crippen LogP contribution >= 0.6 is 11.8 Å². The molecule has 0 radical (unpaired) electrons. The summed E-state index contributed by atoms with van der Waals surface area (Å²) in [5.41, 5.74) is -0.0000449. The number of ether oxygens (including phenoxy) is 2. The fraction of sp³-hybridized carbons (Fsp3) is 0.400. The first-order valence-corrected chi connectivity index (χ1v) is 6.02. The fourth-order valence-electron chi connectivity index (χ4n) is 1.13. The van der Waals surface area contributed by atoms with Crippen LogP contribution < -0.4 is 9.47 Å². The quantitative estimate of drug-likeness (QED) is 0.436. The molecule has 0 aliphatic rings. The van der Waals surface area contributed by atoms with E-state index in [9.17, 15) is 10.1 Å². The van der Waals surface area contributed by atoms with E-state index in [1.165, 1.54) is 25.3 Å². The zero-order valence-electron chi connectivity index (χ0n) is 9.13. The number of thioether (sulfide) groups is 1. The summed E-state index contributed by atoms with van der Waals surface area (Å²) < 4.78 is 10.5. The normalized spacial score (nSPS) is 9.88. The van der Waals surface area contributed by atoms with Crippen LogP contribution in [0.2, 0.25) is 0 Å². The Labute approximate surface area is 97.9 Å². The number of hydrogen-bond acceptors (Lipinski definition) is 5. The van der Waals surface area contributed by atoms with Crippen molar-refractivity contribution in [1.29, 1.82) is 0 Å². The molecule has 0 unspecified atom stereocenters. The molecule has 88 valence electrons. The summed E-state index contributed by atoms with van der Waals surface area (Å²) in [6.45, 7) is 0.499. The van der Waals surface area contributed by atoms with Gasteiger partial charge in [0.15, 0.2) is 11.5 Å². The highest BCUT2D eigenvalue weighted by atomic mass is 32.2. The van der Waals surface area contributed by atoms with Crippen molar-refractivity contribution >= 4 is 17.4 Å². The van der Waals surface area contributed by atoms with Gasteiger partial charge in [-0.2, -0.15) is 11.8 Å². The first-order chi connectivity index (χ1) is 7.69. The molecule has 0 aliphatic heterocycles. The Bertz CT molecular complexity index is 370. The van der Waals surface area contributed by atoms with Crippen LogP contribution in [0.3, 0.4) is 0 Å². The van der Waals surface area contributed by atoms with Crippen LogP contribution in [0.15, 0.2) is 18.2 Å². The molecule has 5 nitrogen and oxygen atoms in total. The summed E-state index contributed by atoms with van der Waals surface area (Å²) in [7, 11) is 1.50. The summed E-state index contributed by atoms with van der Waals surface area (Å²) >= 11 is 1.65. The standard InChI is InChI=1S/C10H13NO4S/c1-14-9-4-3-8(11(12)13)7-10(9)15-5-6-16-2/h3-4,7H,5-6H2,1-2H3. The molecule has 1 aromatic rings. The third-order valence-corrected chi connectivity index (χ3v) is 2.48. The molecule has 0 heterocycles. The molecule has 0 saturated heterocycles. The molecule has 0 atom stereocenters. The molecule has 0 bridgehead atoms. The molecule has 1 aromatic carbocycles. The minimum atomic E-state index is -0.457. The predicted octanol–water partition coefficient (Wildman–Crippen LogP) is 2.35. The molecule has 0 N–H and O–H groups in total. The summed E-state index contributed by atoms with van der Waals surface area (Å²) in [6, 6.07) is 4.30. The van der Waals surface area contributed by atoms with Crippen LogP contribution in [-0.2, 0) is 0 Å². The van der Waals surface area contributed by atoms with Crippen molar-refractivity contribution in [3.63, 3.8) is 0 Å². The molecule has 0 spiro atoms. The Morgan fingerprint density at radius 1 is 1.44 bits per heavy atom. The first kappa shape index (κ1) is 12.6. The van der Waals surface area contributed by atoms with Gasteiger partial charge in [0.25, 0.3) is 5.69 Å². The van der Waals surface area contributed by atoms with Crippen molar-refractivity contribution in [3.8, 4) is 11.5 Å². The maximum atomic E-state index is 10.6. The van der Waals surface area contributed by atoms with Crippen LogP contribution in [0.5, 0.6) is 11.5 Å². The van der Waals surface area contributed by atoms with E-state index < -0.39 is 4.92 Å². The lowest BCUT2D eigenvalue weighted by Crippen LogP contribution is -2.02. The van der Waals surface area contributed by atoms with E-state index >= 15 is 0 Å². The molecule has 6 heteroatoms. The van der Waals surface area contributed by atoms with Crippen molar-refractivity contribution in [3.05, 3.63) is 28.3 Å². The molecule has 0 fully saturated rings. The average molecular weight is 243 g/mol. The topological polar surface area (TPSA) is 61.6 Å². The van der Waals surface area contributed by atoms with Crippen molar-refractivity contribution in [1.82, 2.24) is 0 Å². The van der Waals surface area contributed by atoms with Gasteiger partial charge < -0.3 is 9.47 Å². The number of non-ortho nitro benzene ring substituents is 1. The van der Waals surface area contributed by atoms with Gasteiger partial charge in [0, 0.05) is 11.8 Å². The van der Waals surface area contributed by atoms with Gasteiger partial charge in [0.2, 0.25) is 0 Å². The number of methoxy groups -OCH3 is 1. The second-order valence-corrected chi connectivity index (χ2v) is 3.92. The number of nitrogens with zero attached hydrogens (tertiary/aromatic N) is 1. The number of benzene rings is 1. The minimum Gasteiger partial charge on any atom is -0.493 e. The maximum absolute atomic E-state index is 10.6. The van der Waals surface area contributed by atoms with Crippen LogP contribution in [0.25, 0.3) is 0 Å². The molecule has 1 rings (SSSR count). The molecule has 0 aliphatic carbocycles. The minimum absolute atomic E-state index is 0.0000449. The van der Waals surface area contributed by atoms with Gasteiger partial charge >= 0.3 is 0 Å². The van der Waals surface area contributed by atoms with Gasteiger partial charge in [-0.05, 0) is 12.3 Å². The summed E-state index contributed by atoms with van der Waals surface area (Å²) in [4.78, 5) is 10.1. The van der Waals surface area contributed by atoms with Gasteiger partial charge in [-0.3, -0.25) is 10.1 Å². The van der Waals surface area contributed by atoms with E-state index in [2.05, 4.69) is 0 Å². The fourth-order valence-corrected chi connectivity index (χ4v) is 1.38. The zero-order valence-corrected chi connectivity index (χ0v) is 9.95. The van der Waals surface area contributed by atoms with Crippen LogP contribution in [-0.4, -0.2) is 30.6 Å². The SMILES string of the molecule is COc1ccc([N+](=O)[O-])cc1OCCSC. The number of hydrogen-bond donors (Lipinski definition) is 0. The van der Waals surface area contributed by atoms with Gasteiger partial charge in [0.05, 0.1) is 24.7 Å². The van der Waals surface area contributed by atoms with Crippen LogP contribution in [0, 0.1) is 10.1 Å². The van der Waals surface area contributed by atoms with Gasteiger partial charge in [-0.25, -0.2) is 0 Å². The Morgan fingerprint density at radius 3 is 2.75 bits per heavy atom. The highest BCUT2D eigenvalue weighted by Gasteiger charge is 2.12. The monoisotopic (exact) mass is 243 g/mol. The molecule has 0 aromatic heterocycles. The lowest BCUT2D eigenvalue weighted by molar-refractivity contribution is -0.385. The summed E-state index contributed by atoms with van der Waals surface area (Å²) in [6.07, 6.45) is 1.97. The lowest BCUT2D eigenvalue weighted by Gasteiger charge is -2.09. The van der Waals surface area contributed by atoms with E-state index in [1.807, 2.05) is 6.26 Å². The lowest BCUT2D eigenvalue weighted by atomic mass is 10.3. The highest BCUT2D eigenvalue weighted by Crippen LogP contribution is 2.31. The number of nitro groups is 1.